The molecule has 1 saturated heterocycles. The number of rotatable bonds is 5. The van der Waals surface area contributed by atoms with Gasteiger partial charge in [0.1, 0.15) is 6.04 Å². The van der Waals surface area contributed by atoms with Gasteiger partial charge in [-0.1, -0.05) is 0 Å². The van der Waals surface area contributed by atoms with Crippen LogP contribution in [0.2, 0.25) is 0 Å². The van der Waals surface area contributed by atoms with E-state index >= 15 is 0 Å². The molecule has 0 aromatic carbocycles. The third kappa shape index (κ3) is 3.56. The van der Waals surface area contributed by atoms with Crippen LogP contribution < -0.4 is 22.1 Å². The van der Waals surface area contributed by atoms with Gasteiger partial charge < -0.3 is 37.7 Å². The summed E-state index contributed by atoms with van der Waals surface area (Å²) in [5.41, 5.74) is 15.2. The number of hydrogen-bond donors (Lipinski definition) is 6. The molecule has 26 heavy (non-hydrogen) atoms. The molecule has 8 heteroatoms. The number of morpholine rings is 1. The van der Waals surface area contributed by atoms with Crippen molar-refractivity contribution in [3.63, 3.8) is 0 Å². The predicted molar refractivity (Wildman–Crippen MR) is 103 cm³/mol. The van der Waals surface area contributed by atoms with Crippen LogP contribution in [0.5, 0.6) is 0 Å². The maximum atomic E-state index is 8.39. The fourth-order valence-electron chi connectivity index (χ4n) is 3.33. The minimum Gasteiger partial charge on any atom is -0.405 e. The second kappa shape index (κ2) is 8.03. The topological polar surface area (TPSA) is 136 Å². The van der Waals surface area contributed by atoms with E-state index in [-0.39, 0.29) is 12.2 Å². The SMILES string of the molecule is N=C/C=C(\N)C1NC=CC2=C1NC(N1CCOCC1)C=C2C(=N)C=CN. The summed E-state index contributed by atoms with van der Waals surface area (Å²) in [5.74, 6) is 0. The fourth-order valence-corrected chi connectivity index (χ4v) is 3.33. The summed E-state index contributed by atoms with van der Waals surface area (Å²) in [6, 6.07) is -0.279. The molecule has 0 radical (unpaired) electrons. The lowest BCUT2D eigenvalue weighted by Gasteiger charge is -2.40. The van der Waals surface area contributed by atoms with Gasteiger partial charge in [-0.15, -0.1) is 0 Å². The largest absolute Gasteiger partial charge is 0.405 e. The number of nitrogens with zero attached hydrogens (tertiary/aromatic N) is 1. The molecule has 2 unspecified atom stereocenters. The van der Waals surface area contributed by atoms with Gasteiger partial charge in [0.15, 0.2) is 0 Å². The van der Waals surface area contributed by atoms with Crippen LogP contribution in [-0.4, -0.2) is 55.3 Å². The first-order valence-corrected chi connectivity index (χ1v) is 8.56. The van der Waals surface area contributed by atoms with Crippen LogP contribution in [0.15, 0.2) is 59.2 Å². The molecule has 0 aromatic rings. The Hall–Kier alpha value is -2.84. The molecule has 0 amide bonds. The van der Waals surface area contributed by atoms with Gasteiger partial charge in [-0.05, 0) is 36.7 Å². The van der Waals surface area contributed by atoms with Gasteiger partial charge in [0.2, 0.25) is 0 Å². The summed E-state index contributed by atoms with van der Waals surface area (Å²) in [6.45, 7) is 2.99. The van der Waals surface area contributed by atoms with Crippen LogP contribution in [0.1, 0.15) is 0 Å². The highest BCUT2D eigenvalue weighted by Gasteiger charge is 2.32. The first-order valence-electron chi connectivity index (χ1n) is 8.56. The molecule has 1 fully saturated rings. The number of nitrogens with one attached hydrogen (secondary N) is 4. The van der Waals surface area contributed by atoms with Crippen LogP contribution >= 0.6 is 0 Å². The quantitative estimate of drug-likeness (QED) is 0.381. The number of nitrogens with two attached hydrogens (primary N) is 2. The van der Waals surface area contributed by atoms with Gasteiger partial charge >= 0.3 is 0 Å². The Bertz CT molecular complexity index is 726. The number of allylic oxidation sites excluding steroid dienone is 5. The molecule has 3 rings (SSSR count). The Labute approximate surface area is 153 Å². The number of dihydropyridines is 2. The minimum atomic E-state index is -0.279. The van der Waals surface area contributed by atoms with Crippen molar-refractivity contribution in [3.05, 3.63) is 59.2 Å². The van der Waals surface area contributed by atoms with Crippen molar-refractivity contribution in [1.29, 1.82) is 10.8 Å². The smallest absolute Gasteiger partial charge is 0.106 e. The summed E-state index contributed by atoms with van der Waals surface area (Å²) < 4.78 is 5.45. The van der Waals surface area contributed by atoms with Crippen molar-refractivity contribution in [2.75, 3.05) is 26.3 Å². The standard InChI is InChI=1S/C18H25N7O/c19-4-1-14(21)13-11-16(25-7-9-26-10-8-25)24-17-12(13)3-6-23-18(17)15(22)2-5-20/h1-6,11,16,18,20-21,23-24H,7-10,19,22H2/b4-1?,15-2-,20-5?,21-14?. The Kier molecular flexibility index (Phi) is 5.55. The predicted octanol–water partition coefficient (Wildman–Crippen LogP) is -0.102. The summed E-state index contributed by atoms with van der Waals surface area (Å²) in [4.78, 5) is 2.28. The zero-order chi connectivity index (χ0) is 18.5. The van der Waals surface area contributed by atoms with Crippen molar-refractivity contribution in [1.82, 2.24) is 15.5 Å². The number of hydrogen-bond acceptors (Lipinski definition) is 8. The van der Waals surface area contributed by atoms with E-state index in [1.54, 1.807) is 12.2 Å². The Morgan fingerprint density at radius 3 is 2.81 bits per heavy atom. The van der Waals surface area contributed by atoms with Gasteiger partial charge in [0.25, 0.3) is 0 Å². The first-order chi connectivity index (χ1) is 12.7. The highest BCUT2D eigenvalue weighted by molar-refractivity contribution is 6.10. The average molecular weight is 355 g/mol. The van der Waals surface area contributed by atoms with Crippen LogP contribution in [0.4, 0.5) is 0 Å². The molecule has 2 atom stereocenters. The summed E-state index contributed by atoms with van der Waals surface area (Å²) in [6.07, 6.45) is 11.4. The summed E-state index contributed by atoms with van der Waals surface area (Å²) in [7, 11) is 0. The number of ether oxygens (including phenoxy) is 1. The van der Waals surface area contributed by atoms with Crippen LogP contribution in [0.25, 0.3) is 0 Å². The zero-order valence-corrected chi connectivity index (χ0v) is 14.5. The van der Waals surface area contributed by atoms with Crippen molar-refractivity contribution >= 4 is 11.9 Å². The monoisotopic (exact) mass is 355 g/mol. The molecule has 0 aromatic heterocycles. The molecule has 3 aliphatic rings. The van der Waals surface area contributed by atoms with Gasteiger partial charge in [-0.3, -0.25) is 4.90 Å². The average Bonchev–Trinajstić information content (AvgIpc) is 2.67. The second-order valence-corrected chi connectivity index (χ2v) is 6.18. The summed E-state index contributed by atoms with van der Waals surface area (Å²) >= 11 is 0. The van der Waals surface area contributed by atoms with Crippen molar-refractivity contribution < 1.29 is 4.74 Å². The van der Waals surface area contributed by atoms with E-state index in [9.17, 15) is 0 Å². The zero-order valence-electron chi connectivity index (χ0n) is 14.5. The van der Waals surface area contributed by atoms with E-state index in [4.69, 9.17) is 27.0 Å². The molecule has 0 bridgehead atoms. The van der Waals surface area contributed by atoms with Crippen molar-refractivity contribution in [3.8, 4) is 0 Å². The third-order valence-corrected chi connectivity index (χ3v) is 4.61. The first kappa shape index (κ1) is 18.0. The molecule has 3 aliphatic heterocycles. The molecule has 8 nitrogen and oxygen atoms in total. The summed E-state index contributed by atoms with van der Waals surface area (Å²) in [5, 5.41) is 22.5. The van der Waals surface area contributed by atoms with Gasteiger partial charge in [0, 0.05) is 41.8 Å². The molecule has 8 N–H and O–H groups in total. The molecule has 0 aliphatic carbocycles. The molecule has 138 valence electrons. The Balaban J connectivity index is 2.00. The van der Waals surface area contributed by atoms with Crippen LogP contribution in [-0.2, 0) is 4.74 Å². The molecular formula is C18H25N7O. The van der Waals surface area contributed by atoms with Gasteiger partial charge in [-0.25, -0.2) is 0 Å². The second-order valence-electron chi connectivity index (χ2n) is 6.18. The Morgan fingerprint density at radius 2 is 2.12 bits per heavy atom. The molecular weight excluding hydrogens is 330 g/mol. The van der Waals surface area contributed by atoms with Crippen LogP contribution in [0.3, 0.4) is 0 Å². The Morgan fingerprint density at radius 1 is 1.35 bits per heavy atom. The van der Waals surface area contributed by atoms with Crippen molar-refractivity contribution in [2.24, 2.45) is 11.5 Å². The van der Waals surface area contributed by atoms with E-state index in [0.29, 0.717) is 24.6 Å². The minimum absolute atomic E-state index is 0.0669. The molecule has 3 heterocycles. The highest BCUT2D eigenvalue weighted by atomic mass is 16.5. The lowest BCUT2D eigenvalue weighted by atomic mass is 9.89. The molecule has 0 spiro atoms. The van der Waals surface area contributed by atoms with E-state index in [2.05, 4.69) is 21.6 Å². The normalized spacial score (nSPS) is 26.8. The van der Waals surface area contributed by atoms with E-state index < -0.39 is 0 Å². The van der Waals surface area contributed by atoms with E-state index in [1.165, 1.54) is 12.4 Å². The molecule has 0 saturated carbocycles. The van der Waals surface area contributed by atoms with E-state index in [1.807, 2.05) is 12.3 Å². The maximum Gasteiger partial charge on any atom is 0.106 e. The maximum absolute atomic E-state index is 8.39. The van der Waals surface area contributed by atoms with Gasteiger partial charge in [0.05, 0.1) is 25.1 Å². The lowest BCUT2D eigenvalue weighted by Crippen LogP contribution is -2.54. The fraction of sp³-hybridized carbons (Fsp3) is 0.333. The third-order valence-electron chi connectivity index (χ3n) is 4.61. The van der Waals surface area contributed by atoms with Gasteiger partial charge in [-0.2, -0.15) is 0 Å². The van der Waals surface area contributed by atoms with E-state index in [0.717, 1.165) is 29.9 Å². The lowest BCUT2D eigenvalue weighted by molar-refractivity contribution is 0.0206. The van der Waals surface area contributed by atoms with Crippen molar-refractivity contribution in [2.45, 2.75) is 12.2 Å². The van der Waals surface area contributed by atoms with Crippen LogP contribution in [0, 0.1) is 10.8 Å². The highest BCUT2D eigenvalue weighted by Crippen LogP contribution is 2.29.